The van der Waals surface area contributed by atoms with E-state index in [1.807, 2.05) is 0 Å². The van der Waals surface area contributed by atoms with Crippen LogP contribution in [0.2, 0.25) is 0 Å². The normalized spacial score (nSPS) is 17.6. The quantitative estimate of drug-likeness (QED) is 0.559. The number of rotatable bonds is 7. The molecule has 1 aliphatic heterocycles. The highest BCUT2D eigenvalue weighted by molar-refractivity contribution is 7.81. The molecule has 1 atom stereocenters. The summed E-state index contributed by atoms with van der Waals surface area (Å²) in [7, 11) is -4.90. The van der Waals surface area contributed by atoms with Crippen LogP contribution in [-0.4, -0.2) is 50.2 Å². The third-order valence-electron chi connectivity index (χ3n) is 3.62. The molecule has 1 aliphatic rings. The van der Waals surface area contributed by atoms with Crippen molar-refractivity contribution in [3.63, 3.8) is 0 Å². The van der Waals surface area contributed by atoms with Gasteiger partial charge >= 0.3 is 16.6 Å². The number of carbonyl (C=O) groups excluding carboxylic acids is 2. The van der Waals surface area contributed by atoms with Gasteiger partial charge in [0.15, 0.2) is 6.61 Å². The summed E-state index contributed by atoms with van der Waals surface area (Å²) in [5.41, 5.74) is -0.437. The smallest absolute Gasteiger partial charge is 0.446 e. The van der Waals surface area contributed by atoms with Crippen molar-refractivity contribution in [1.82, 2.24) is 10.6 Å². The van der Waals surface area contributed by atoms with Gasteiger partial charge in [0.25, 0.3) is 5.91 Å². The van der Waals surface area contributed by atoms with Crippen LogP contribution in [0.15, 0.2) is 18.2 Å². The maximum Gasteiger partial charge on any atom is 0.446 e. The van der Waals surface area contributed by atoms with Crippen LogP contribution >= 0.6 is 0 Å². The molecular weight excluding hydrogens is 409 g/mol. The molecule has 1 heterocycles. The van der Waals surface area contributed by atoms with Crippen LogP contribution in [0, 0.1) is 0 Å². The number of carbonyl (C=O) groups is 2. The van der Waals surface area contributed by atoms with E-state index >= 15 is 0 Å². The number of amides is 2. The Morgan fingerprint density at radius 3 is 2.68 bits per heavy atom. The molecule has 0 radical (unpaired) electrons. The molecule has 2 rings (SSSR count). The van der Waals surface area contributed by atoms with Gasteiger partial charge in [0.05, 0.1) is 5.56 Å². The maximum absolute atomic E-state index is 12.4. The summed E-state index contributed by atoms with van der Waals surface area (Å²) in [5, 5.41) is 5.09. The van der Waals surface area contributed by atoms with Crippen LogP contribution in [0.1, 0.15) is 29.6 Å². The van der Waals surface area contributed by atoms with Crippen molar-refractivity contribution in [2.45, 2.75) is 31.5 Å². The molecule has 9 nitrogen and oxygen atoms in total. The van der Waals surface area contributed by atoms with E-state index in [4.69, 9.17) is 4.55 Å². The number of nitrogens with one attached hydrogen (secondary N) is 2. The second-order valence-corrected chi connectivity index (χ2v) is 6.96. The first kappa shape index (κ1) is 21.8. The number of alkyl halides is 3. The number of halogens is 3. The first-order valence-electron chi connectivity index (χ1n) is 8.01. The molecule has 1 unspecified atom stereocenters. The highest BCUT2D eigenvalue weighted by Crippen LogP contribution is 2.27. The Hall–Kier alpha value is -2.54. The molecule has 0 aromatic heterocycles. The molecule has 1 aromatic rings. The summed E-state index contributed by atoms with van der Waals surface area (Å²) < 4.78 is 76.3. The number of hydrogen-bond acceptors (Lipinski definition) is 6. The predicted octanol–water partition coefficient (Wildman–Crippen LogP) is 1.21. The van der Waals surface area contributed by atoms with Gasteiger partial charge in [-0.2, -0.15) is 21.6 Å². The van der Waals surface area contributed by atoms with Crippen molar-refractivity contribution >= 4 is 22.2 Å². The van der Waals surface area contributed by atoms with Gasteiger partial charge in [0.2, 0.25) is 5.91 Å². The van der Waals surface area contributed by atoms with Gasteiger partial charge in [0, 0.05) is 19.0 Å². The van der Waals surface area contributed by atoms with Crippen LogP contribution in [0.5, 0.6) is 11.5 Å². The predicted molar refractivity (Wildman–Crippen MR) is 88.3 cm³/mol. The number of piperidine rings is 1. The lowest BCUT2D eigenvalue weighted by molar-refractivity contribution is -0.153. The van der Waals surface area contributed by atoms with E-state index in [0.717, 1.165) is 18.2 Å². The van der Waals surface area contributed by atoms with Crippen LogP contribution in [-0.2, 0) is 15.2 Å². The van der Waals surface area contributed by atoms with Crippen molar-refractivity contribution in [1.29, 1.82) is 0 Å². The lowest BCUT2D eigenvalue weighted by Gasteiger charge is -2.23. The van der Waals surface area contributed by atoms with Gasteiger partial charge in [-0.05, 0) is 31.0 Å². The highest BCUT2D eigenvalue weighted by atomic mass is 32.3. The topological polar surface area (TPSA) is 131 Å². The Kier molecular flexibility index (Phi) is 6.72. The summed E-state index contributed by atoms with van der Waals surface area (Å²) in [6.45, 7) is -1.67. The second-order valence-electron chi connectivity index (χ2n) is 5.94. The Bertz CT molecular complexity index is 843. The summed E-state index contributed by atoms with van der Waals surface area (Å²) >= 11 is 0. The van der Waals surface area contributed by atoms with Crippen molar-refractivity contribution in [2.75, 3.05) is 13.2 Å². The van der Waals surface area contributed by atoms with Gasteiger partial charge in [-0.1, -0.05) is 0 Å². The van der Waals surface area contributed by atoms with Gasteiger partial charge in [-0.15, -0.1) is 0 Å². The zero-order valence-electron chi connectivity index (χ0n) is 14.3. The third kappa shape index (κ3) is 7.23. The molecule has 156 valence electrons. The molecule has 3 N–H and O–H groups in total. The van der Waals surface area contributed by atoms with Crippen LogP contribution in [0.3, 0.4) is 0 Å². The Labute approximate surface area is 158 Å². The van der Waals surface area contributed by atoms with E-state index in [2.05, 4.69) is 19.6 Å². The SMILES string of the molecule is O=C1CCCC(CNC(=O)c2cc(OS(=O)(=O)O)ccc2OCC(F)(F)F)N1. The molecule has 0 spiro atoms. The average Bonchev–Trinajstić information content (AvgIpc) is 2.56. The molecule has 28 heavy (non-hydrogen) atoms. The summed E-state index contributed by atoms with van der Waals surface area (Å²) in [5.74, 6) is -2.02. The summed E-state index contributed by atoms with van der Waals surface area (Å²) in [6, 6.07) is 2.29. The van der Waals surface area contributed by atoms with E-state index in [0.29, 0.717) is 19.3 Å². The molecule has 13 heteroatoms. The Balaban J connectivity index is 2.17. The molecule has 0 aliphatic carbocycles. The van der Waals surface area contributed by atoms with Crippen molar-refractivity contribution in [3.05, 3.63) is 23.8 Å². The average molecular weight is 426 g/mol. The van der Waals surface area contributed by atoms with Crippen LogP contribution in [0.4, 0.5) is 13.2 Å². The van der Waals surface area contributed by atoms with E-state index < -0.39 is 46.2 Å². The van der Waals surface area contributed by atoms with Gasteiger partial charge in [-0.3, -0.25) is 14.1 Å². The lowest BCUT2D eigenvalue weighted by atomic mass is 10.0. The zero-order valence-corrected chi connectivity index (χ0v) is 15.1. The fourth-order valence-corrected chi connectivity index (χ4v) is 2.84. The van der Waals surface area contributed by atoms with Gasteiger partial charge in [-0.25, -0.2) is 0 Å². The van der Waals surface area contributed by atoms with Crippen molar-refractivity contribution in [2.24, 2.45) is 0 Å². The molecule has 1 aromatic carbocycles. The molecular formula is C15H17F3N2O7S. The zero-order chi connectivity index (χ0) is 20.9. The standard InChI is InChI=1S/C15H17F3N2O7S/c16-15(17,18)8-26-12-5-4-10(27-28(23,24)25)6-11(12)14(22)19-7-9-2-1-3-13(21)20-9/h4-6,9H,1-3,7-8H2,(H,19,22)(H,20,21)(H,23,24,25). The molecule has 1 saturated heterocycles. The monoisotopic (exact) mass is 426 g/mol. The molecule has 2 amide bonds. The molecule has 0 bridgehead atoms. The maximum atomic E-state index is 12.4. The summed E-state index contributed by atoms with van der Waals surface area (Å²) in [4.78, 5) is 23.7. The van der Waals surface area contributed by atoms with E-state index in [-0.39, 0.29) is 18.5 Å². The lowest BCUT2D eigenvalue weighted by Crippen LogP contribution is -2.46. The highest BCUT2D eigenvalue weighted by Gasteiger charge is 2.29. The third-order valence-corrected chi connectivity index (χ3v) is 4.02. The Morgan fingerprint density at radius 2 is 2.07 bits per heavy atom. The van der Waals surface area contributed by atoms with Crippen LogP contribution < -0.4 is 19.6 Å². The van der Waals surface area contributed by atoms with Crippen molar-refractivity contribution < 1.29 is 44.7 Å². The Morgan fingerprint density at radius 1 is 1.36 bits per heavy atom. The minimum Gasteiger partial charge on any atom is -0.483 e. The summed E-state index contributed by atoms with van der Waals surface area (Å²) in [6.07, 6.45) is -3.06. The van der Waals surface area contributed by atoms with E-state index in [1.165, 1.54) is 0 Å². The largest absolute Gasteiger partial charge is 0.483 e. The number of benzene rings is 1. The van der Waals surface area contributed by atoms with Gasteiger partial charge in [0.1, 0.15) is 11.5 Å². The first-order valence-corrected chi connectivity index (χ1v) is 9.37. The van der Waals surface area contributed by atoms with E-state index in [9.17, 15) is 31.2 Å². The first-order chi connectivity index (χ1) is 12.9. The minimum absolute atomic E-state index is 0.00661. The van der Waals surface area contributed by atoms with Crippen LogP contribution in [0.25, 0.3) is 0 Å². The molecule has 1 fully saturated rings. The minimum atomic E-state index is -4.90. The molecule has 0 saturated carbocycles. The number of hydrogen-bond donors (Lipinski definition) is 3. The van der Waals surface area contributed by atoms with Gasteiger partial charge < -0.3 is 19.6 Å². The van der Waals surface area contributed by atoms with Crippen molar-refractivity contribution in [3.8, 4) is 11.5 Å². The van der Waals surface area contributed by atoms with E-state index in [1.54, 1.807) is 0 Å². The number of ether oxygens (including phenoxy) is 1. The second kappa shape index (κ2) is 8.65. The fraction of sp³-hybridized carbons (Fsp3) is 0.467. The fourth-order valence-electron chi connectivity index (χ4n) is 2.49.